The number of hydrogen-bond donors (Lipinski definition) is 1. The maximum atomic E-state index is 13.1. The van der Waals surface area contributed by atoms with Crippen LogP contribution in [0.5, 0.6) is 0 Å². The lowest BCUT2D eigenvalue weighted by molar-refractivity contribution is 0.0508. The zero-order chi connectivity index (χ0) is 18.1. The standard InChI is InChI=1S/C20H20N4OS/c1-20(2)15-8-4-3-7-14(15)10-12-24(20)18(25)16-13-26-19(22-16)23-17-9-5-6-11-21-17/h3-9,11,13H,10,12H2,1-2H3,(H,21,22,23). The van der Waals surface area contributed by atoms with Gasteiger partial charge in [0.15, 0.2) is 5.13 Å². The molecule has 1 aromatic carbocycles. The third-order valence-electron chi connectivity index (χ3n) is 4.82. The van der Waals surface area contributed by atoms with Crippen LogP contribution >= 0.6 is 11.3 Å². The van der Waals surface area contributed by atoms with E-state index in [2.05, 4.69) is 47.3 Å². The molecule has 6 heteroatoms. The fraction of sp³-hybridized carbons (Fsp3) is 0.250. The van der Waals surface area contributed by atoms with Gasteiger partial charge in [-0.1, -0.05) is 30.3 Å². The molecule has 0 radical (unpaired) electrons. The number of anilines is 2. The topological polar surface area (TPSA) is 58.1 Å². The summed E-state index contributed by atoms with van der Waals surface area (Å²) in [6, 6.07) is 14.0. The molecule has 2 aromatic heterocycles. The molecule has 0 saturated heterocycles. The Kier molecular flexibility index (Phi) is 4.20. The number of nitrogens with zero attached hydrogens (tertiary/aromatic N) is 3. The van der Waals surface area contributed by atoms with Gasteiger partial charge in [-0.25, -0.2) is 9.97 Å². The predicted molar refractivity (Wildman–Crippen MR) is 104 cm³/mol. The number of benzene rings is 1. The second kappa shape index (κ2) is 6.53. The number of amides is 1. The number of thiazole rings is 1. The second-order valence-corrected chi connectivity index (χ2v) is 7.66. The van der Waals surface area contributed by atoms with Crippen molar-refractivity contribution in [2.24, 2.45) is 0 Å². The van der Waals surface area contributed by atoms with E-state index >= 15 is 0 Å². The Bertz CT molecular complexity index is 936. The molecule has 5 nitrogen and oxygen atoms in total. The number of pyridine rings is 1. The fourth-order valence-corrected chi connectivity index (χ4v) is 4.15. The molecule has 0 atom stereocenters. The summed E-state index contributed by atoms with van der Waals surface area (Å²) in [5.41, 5.74) is 2.64. The molecule has 26 heavy (non-hydrogen) atoms. The average molecular weight is 364 g/mol. The van der Waals surface area contributed by atoms with Gasteiger partial charge in [0.2, 0.25) is 0 Å². The van der Waals surface area contributed by atoms with E-state index < -0.39 is 0 Å². The van der Waals surface area contributed by atoms with E-state index in [9.17, 15) is 4.79 Å². The third kappa shape index (κ3) is 2.97. The number of aromatic nitrogens is 2. The number of hydrogen-bond acceptors (Lipinski definition) is 5. The number of rotatable bonds is 3. The van der Waals surface area contributed by atoms with E-state index in [1.54, 1.807) is 6.20 Å². The van der Waals surface area contributed by atoms with Crippen molar-refractivity contribution in [2.75, 3.05) is 11.9 Å². The van der Waals surface area contributed by atoms with Gasteiger partial charge in [-0.2, -0.15) is 0 Å². The molecule has 0 fully saturated rings. The summed E-state index contributed by atoms with van der Waals surface area (Å²) >= 11 is 1.41. The van der Waals surface area contributed by atoms with Crippen LogP contribution < -0.4 is 5.32 Å². The predicted octanol–water partition coefficient (Wildman–Crippen LogP) is 4.22. The first kappa shape index (κ1) is 16.7. The van der Waals surface area contributed by atoms with Gasteiger partial charge < -0.3 is 10.2 Å². The van der Waals surface area contributed by atoms with Gasteiger partial charge in [0.05, 0.1) is 5.54 Å². The van der Waals surface area contributed by atoms with Gasteiger partial charge in [-0.15, -0.1) is 11.3 Å². The number of carbonyl (C=O) groups is 1. The highest BCUT2D eigenvalue weighted by molar-refractivity contribution is 7.14. The van der Waals surface area contributed by atoms with Crippen LogP contribution in [0.1, 0.15) is 35.5 Å². The Morgan fingerprint density at radius 1 is 1.19 bits per heavy atom. The van der Waals surface area contributed by atoms with Crippen molar-refractivity contribution in [1.29, 1.82) is 0 Å². The van der Waals surface area contributed by atoms with Crippen LogP contribution in [0, 0.1) is 0 Å². The van der Waals surface area contributed by atoms with Crippen LogP contribution in [0.3, 0.4) is 0 Å². The van der Waals surface area contributed by atoms with E-state index in [1.807, 2.05) is 34.5 Å². The quantitative estimate of drug-likeness (QED) is 0.756. The first-order valence-corrected chi connectivity index (χ1v) is 9.47. The second-order valence-electron chi connectivity index (χ2n) is 6.80. The van der Waals surface area contributed by atoms with Crippen LogP contribution in [0.4, 0.5) is 10.9 Å². The van der Waals surface area contributed by atoms with E-state index in [4.69, 9.17) is 0 Å². The Balaban J connectivity index is 1.57. The highest BCUT2D eigenvalue weighted by Gasteiger charge is 2.38. The Morgan fingerprint density at radius 2 is 2.00 bits per heavy atom. The van der Waals surface area contributed by atoms with Crippen molar-refractivity contribution in [1.82, 2.24) is 14.9 Å². The molecule has 0 spiro atoms. The minimum absolute atomic E-state index is 0.0326. The Labute approximate surface area is 156 Å². The zero-order valence-corrected chi connectivity index (χ0v) is 15.6. The Hall–Kier alpha value is -2.73. The molecule has 3 aromatic rings. The molecular weight excluding hydrogens is 344 g/mol. The zero-order valence-electron chi connectivity index (χ0n) is 14.8. The van der Waals surface area contributed by atoms with Crippen molar-refractivity contribution in [3.63, 3.8) is 0 Å². The molecule has 0 saturated carbocycles. The van der Waals surface area contributed by atoms with Gasteiger partial charge in [0.1, 0.15) is 11.5 Å². The number of fused-ring (bicyclic) bond motifs is 1. The van der Waals surface area contributed by atoms with Crippen LogP contribution in [-0.2, 0) is 12.0 Å². The van der Waals surface area contributed by atoms with Crippen molar-refractivity contribution >= 4 is 28.2 Å². The highest BCUT2D eigenvalue weighted by atomic mass is 32.1. The molecule has 1 aliphatic rings. The number of nitrogens with one attached hydrogen (secondary N) is 1. The molecule has 3 heterocycles. The molecule has 0 bridgehead atoms. The van der Waals surface area contributed by atoms with Gasteiger partial charge in [-0.3, -0.25) is 4.79 Å². The van der Waals surface area contributed by atoms with Crippen molar-refractivity contribution in [3.8, 4) is 0 Å². The lowest BCUT2D eigenvalue weighted by Gasteiger charge is -2.43. The minimum atomic E-state index is -0.357. The van der Waals surface area contributed by atoms with Crippen LogP contribution in [0.2, 0.25) is 0 Å². The van der Waals surface area contributed by atoms with Crippen molar-refractivity contribution < 1.29 is 4.79 Å². The van der Waals surface area contributed by atoms with Crippen molar-refractivity contribution in [2.45, 2.75) is 25.8 Å². The average Bonchev–Trinajstić information content (AvgIpc) is 3.11. The normalized spacial score (nSPS) is 15.4. The third-order valence-corrected chi connectivity index (χ3v) is 5.58. The summed E-state index contributed by atoms with van der Waals surface area (Å²) in [6.45, 7) is 4.90. The van der Waals surface area contributed by atoms with Crippen LogP contribution in [-0.4, -0.2) is 27.3 Å². The largest absolute Gasteiger partial charge is 0.328 e. The van der Waals surface area contributed by atoms with E-state index in [0.29, 0.717) is 23.2 Å². The van der Waals surface area contributed by atoms with E-state index in [1.165, 1.54) is 22.5 Å². The SMILES string of the molecule is CC1(C)c2ccccc2CCN1C(=O)c1csc(Nc2ccccn2)n1. The molecule has 0 unspecified atom stereocenters. The molecule has 4 rings (SSSR count). The van der Waals surface area contributed by atoms with E-state index in [-0.39, 0.29) is 11.4 Å². The molecular formula is C20H20N4OS. The summed E-state index contributed by atoms with van der Waals surface area (Å²) in [5.74, 6) is 0.683. The lowest BCUT2D eigenvalue weighted by Crippen LogP contribution is -2.50. The van der Waals surface area contributed by atoms with Crippen molar-refractivity contribution in [3.05, 3.63) is 70.9 Å². The summed E-state index contributed by atoms with van der Waals surface area (Å²) in [4.78, 5) is 23.7. The maximum absolute atomic E-state index is 13.1. The van der Waals surface area contributed by atoms with Gasteiger partial charge >= 0.3 is 0 Å². The monoisotopic (exact) mass is 364 g/mol. The molecule has 1 aliphatic heterocycles. The Morgan fingerprint density at radius 3 is 2.81 bits per heavy atom. The molecule has 1 amide bonds. The van der Waals surface area contributed by atoms with Crippen LogP contribution in [0.15, 0.2) is 54.0 Å². The first-order valence-electron chi connectivity index (χ1n) is 8.59. The summed E-state index contributed by atoms with van der Waals surface area (Å²) < 4.78 is 0. The summed E-state index contributed by atoms with van der Waals surface area (Å²) in [5, 5.41) is 5.62. The van der Waals surface area contributed by atoms with E-state index in [0.717, 1.165) is 6.42 Å². The van der Waals surface area contributed by atoms with Gasteiger partial charge in [0, 0.05) is 18.1 Å². The maximum Gasteiger partial charge on any atom is 0.274 e. The summed E-state index contributed by atoms with van der Waals surface area (Å²) in [6.07, 6.45) is 2.59. The molecule has 1 N–H and O–H groups in total. The number of carbonyl (C=O) groups excluding carboxylic acids is 1. The van der Waals surface area contributed by atoms with Gasteiger partial charge in [-0.05, 0) is 43.5 Å². The lowest BCUT2D eigenvalue weighted by atomic mass is 9.83. The smallest absolute Gasteiger partial charge is 0.274 e. The van der Waals surface area contributed by atoms with Crippen LogP contribution in [0.25, 0.3) is 0 Å². The fourth-order valence-electron chi connectivity index (χ4n) is 3.46. The first-order chi connectivity index (χ1) is 12.6. The summed E-state index contributed by atoms with van der Waals surface area (Å²) in [7, 11) is 0. The molecule has 0 aliphatic carbocycles. The minimum Gasteiger partial charge on any atom is -0.328 e. The highest BCUT2D eigenvalue weighted by Crippen LogP contribution is 2.36. The van der Waals surface area contributed by atoms with Gasteiger partial charge in [0.25, 0.3) is 5.91 Å². The molecule has 132 valence electrons.